The van der Waals surface area contributed by atoms with Crippen molar-refractivity contribution in [3.05, 3.63) is 96.1 Å². The number of nitro benzene ring substituents is 1. The Morgan fingerprint density at radius 2 is 1.91 bits per heavy atom. The number of hydrogen-bond donors (Lipinski definition) is 1. The zero-order chi connectivity index (χ0) is 23.7. The number of rotatable bonds is 6. The fourth-order valence-corrected chi connectivity index (χ4v) is 6.11. The van der Waals surface area contributed by atoms with E-state index in [2.05, 4.69) is 32.0 Å². The van der Waals surface area contributed by atoms with E-state index in [4.69, 9.17) is 0 Å². The molecule has 10 heteroatoms. The van der Waals surface area contributed by atoms with Crippen LogP contribution in [0.5, 0.6) is 0 Å². The zero-order valence-corrected chi connectivity index (χ0v) is 20.8. The molecule has 0 unspecified atom stereocenters. The maximum atomic E-state index is 13.3. The third kappa shape index (κ3) is 4.70. The summed E-state index contributed by atoms with van der Waals surface area (Å²) in [4.78, 5) is 35.0. The maximum Gasteiger partial charge on any atom is 0.269 e. The third-order valence-electron chi connectivity index (χ3n) is 5.32. The number of benzene rings is 2. The van der Waals surface area contributed by atoms with Crippen molar-refractivity contribution in [2.24, 2.45) is 4.99 Å². The molecular formula is C24H17BrN4O3S2. The molecule has 1 amide bonds. The highest BCUT2D eigenvalue weighted by atomic mass is 79.9. The lowest BCUT2D eigenvalue weighted by atomic mass is 10.1. The smallest absolute Gasteiger partial charge is 0.269 e. The Kier molecular flexibility index (Phi) is 6.36. The number of nitrogens with zero attached hydrogens (tertiary/aromatic N) is 3. The topological polar surface area (TPSA) is 91.6 Å². The summed E-state index contributed by atoms with van der Waals surface area (Å²) in [5.41, 5.74) is 2.74. The predicted molar refractivity (Wildman–Crippen MR) is 141 cm³/mol. The molecular weight excluding hydrogens is 536 g/mol. The molecule has 4 aromatic rings. The fraction of sp³-hybridized carbons (Fsp3) is 0.0833. The number of aliphatic imine (C=N–C) groups is 1. The van der Waals surface area contributed by atoms with Crippen LogP contribution in [0, 0.1) is 10.1 Å². The molecule has 2 aromatic heterocycles. The van der Waals surface area contributed by atoms with Crippen molar-refractivity contribution in [2.75, 3.05) is 6.54 Å². The van der Waals surface area contributed by atoms with Crippen LogP contribution in [0.15, 0.2) is 80.5 Å². The summed E-state index contributed by atoms with van der Waals surface area (Å²) in [6.07, 6.45) is 4.51. The normalized spacial score (nSPS) is 16.3. The maximum absolute atomic E-state index is 13.3. The van der Waals surface area contributed by atoms with Gasteiger partial charge in [-0.05, 0) is 76.1 Å². The SMILES string of the molecule is O=C1/C(=C/c2ccc(Br)s2)SC(=Nc2ccc([N+](=O)[O-])cc2)N1CCc1c[nH]c2ccccc12. The number of carbonyl (C=O) groups excluding carboxylic acids is 1. The van der Waals surface area contributed by atoms with Gasteiger partial charge in [0.25, 0.3) is 11.6 Å². The van der Waals surface area contributed by atoms with E-state index in [0.29, 0.717) is 28.7 Å². The molecule has 5 rings (SSSR count). The van der Waals surface area contributed by atoms with E-state index in [0.717, 1.165) is 25.1 Å². The first-order valence-corrected chi connectivity index (χ1v) is 12.8. The number of H-pyrrole nitrogens is 1. The quantitative estimate of drug-likeness (QED) is 0.163. The van der Waals surface area contributed by atoms with Crippen LogP contribution in [0.3, 0.4) is 0 Å². The minimum absolute atomic E-state index is 0.000787. The van der Waals surface area contributed by atoms with Gasteiger partial charge in [-0.2, -0.15) is 0 Å². The zero-order valence-electron chi connectivity index (χ0n) is 17.6. The van der Waals surface area contributed by atoms with Crippen LogP contribution in [-0.4, -0.2) is 32.4 Å². The molecule has 34 heavy (non-hydrogen) atoms. The van der Waals surface area contributed by atoms with Crippen LogP contribution < -0.4 is 0 Å². The summed E-state index contributed by atoms with van der Waals surface area (Å²) in [5, 5.41) is 12.7. The Hall–Kier alpha value is -3.21. The second kappa shape index (κ2) is 9.57. The monoisotopic (exact) mass is 552 g/mol. The van der Waals surface area contributed by atoms with E-state index < -0.39 is 4.92 Å². The number of hydrogen-bond acceptors (Lipinski definition) is 6. The van der Waals surface area contributed by atoms with Crippen molar-refractivity contribution < 1.29 is 9.72 Å². The van der Waals surface area contributed by atoms with Gasteiger partial charge in [0.1, 0.15) is 0 Å². The minimum Gasteiger partial charge on any atom is -0.361 e. The summed E-state index contributed by atoms with van der Waals surface area (Å²) in [6, 6.07) is 18.0. The van der Waals surface area contributed by atoms with Crippen molar-refractivity contribution >= 4 is 78.5 Å². The molecule has 0 radical (unpaired) electrons. The number of thioether (sulfide) groups is 1. The molecule has 7 nitrogen and oxygen atoms in total. The van der Waals surface area contributed by atoms with Crippen LogP contribution in [-0.2, 0) is 11.2 Å². The average Bonchev–Trinajstić information content (AvgIpc) is 3.51. The number of thiophene rings is 1. The van der Waals surface area contributed by atoms with Crippen molar-refractivity contribution in [1.29, 1.82) is 0 Å². The second-order valence-electron chi connectivity index (χ2n) is 7.49. The molecule has 0 aliphatic carbocycles. The van der Waals surface area contributed by atoms with Gasteiger partial charge in [0.05, 0.1) is 19.3 Å². The lowest BCUT2D eigenvalue weighted by Gasteiger charge is -2.15. The van der Waals surface area contributed by atoms with Gasteiger partial charge in [-0.3, -0.25) is 19.8 Å². The van der Waals surface area contributed by atoms with Gasteiger partial charge in [-0.25, -0.2) is 4.99 Å². The standard InChI is InChI=1S/C24H17BrN4O3S2/c25-22-10-9-18(33-22)13-21-23(30)28(12-11-15-14-26-20-4-2-1-3-19(15)20)24(34-21)27-16-5-7-17(8-6-16)29(31)32/h1-10,13-14,26H,11-12H2/b21-13-,27-24?. The Morgan fingerprint density at radius 3 is 2.65 bits per heavy atom. The minimum atomic E-state index is -0.446. The van der Waals surface area contributed by atoms with E-state index in [1.807, 2.05) is 42.6 Å². The van der Waals surface area contributed by atoms with E-state index in [-0.39, 0.29) is 11.6 Å². The average molecular weight is 553 g/mol. The van der Waals surface area contributed by atoms with Gasteiger partial charge < -0.3 is 4.98 Å². The van der Waals surface area contributed by atoms with Gasteiger partial charge in [0, 0.05) is 40.7 Å². The summed E-state index contributed by atoms with van der Waals surface area (Å²) < 4.78 is 0.991. The van der Waals surface area contributed by atoms with Crippen LogP contribution in [0.1, 0.15) is 10.4 Å². The van der Waals surface area contributed by atoms with Gasteiger partial charge in [-0.1, -0.05) is 18.2 Å². The van der Waals surface area contributed by atoms with Gasteiger partial charge in [0.2, 0.25) is 0 Å². The van der Waals surface area contributed by atoms with E-state index in [1.165, 1.54) is 23.9 Å². The number of nitrogens with one attached hydrogen (secondary N) is 1. The number of amides is 1. The molecule has 1 fully saturated rings. The molecule has 0 bridgehead atoms. The van der Waals surface area contributed by atoms with Crippen LogP contribution in [0.25, 0.3) is 17.0 Å². The Morgan fingerprint density at radius 1 is 1.12 bits per heavy atom. The Balaban J connectivity index is 1.45. The molecule has 170 valence electrons. The highest BCUT2D eigenvalue weighted by molar-refractivity contribution is 9.11. The number of fused-ring (bicyclic) bond motifs is 1. The van der Waals surface area contributed by atoms with Crippen molar-refractivity contribution in [2.45, 2.75) is 6.42 Å². The van der Waals surface area contributed by atoms with Crippen LogP contribution in [0.2, 0.25) is 0 Å². The van der Waals surface area contributed by atoms with Crippen LogP contribution >= 0.6 is 39.0 Å². The van der Waals surface area contributed by atoms with Gasteiger partial charge in [-0.15, -0.1) is 11.3 Å². The van der Waals surface area contributed by atoms with Gasteiger partial charge in [0.15, 0.2) is 5.17 Å². The molecule has 1 N–H and O–H groups in total. The number of amidine groups is 1. The Labute approximate surface area is 211 Å². The summed E-state index contributed by atoms with van der Waals surface area (Å²) in [7, 11) is 0. The molecule has 1 saturated heterocycles. The van der Waals surface area contributed by atoms with Crippen molar-refractivity contribution in [3.8, 4) is 0 Å². The van der Waals surface area contributed by atoms with E-state index in [9.17, 15) is 14.9 Å². The largest absolute Gasteiger partial charge is 0.361 e. The lowest BCUT2D eigenvalue weighted by Crippen LogP contribution is -2.31. The van der Waals surface area contributed by atoms with E-state index in [1.54, 1.807) is 28.4 Å². The van der Waals surface area contributed by atoms with Crippen molar-refractivity contribution in [1.82, 2.24) is 9.88 Å². The molecule has 1 aliphatic rings. The first kappa shape index (κ1) is 22.6. The van der Waals surface area contributed by atoms with E-state index >= 15 is 0 Å². The number of aromatic amines is 1. The summed E-state index contributed by atoms with van der Waals surface area (Å²) in [6.45, 7) is 0.463. The third-order valence-corrected chi connectivity index (χ3v) is 7.90. The fourth-order valence-electron chi connectivity index (χ4n) is 3.65. The predicted octanol–water partition coefficient (Wildman–Crippen LogP) is 6.75. The number of non-ortho nitro benzene ring substituents is 1. The number of halogens is 1. The number of para-hydroxylation sites is 1. The first-order valence-electron chi connectivity index (χ1n) is 10.3. The summed E-state index contributed by atoms with van der Waals surface area (Å²) in [5.74, 6) is -0.102. The number of aromatic nitrogens is 1. The highest BCUT2D eigenvalue weighted by Gasteiger charge is 2.33. The van der Waals surface area contributed by atoms with Crippen LogP contribution in [0.4, 0.5) is 11.4 Å². The number of nitro groups is 1. The first-order chi connectivity index (χ1) is 16.5. The molecule has 0 saturated carbocycles. The molecule has 2 aromatic carbocycles. The molecule has 0 atom stereocenters. The highest BCUT2D eigenvalue weighted by Crippen LogP contribution is 2.36. The van der Waals surface area contributed by atoms with Crippen molar-refractivity contribution in [3.63, 3.8) is 0 Å². The Bertz CT molecular complexity index is 1460. The molecule has 3 heterocycles. The second-order valence-corrected chi connectivity index (χ2v) is 11.0. The molecule has 1 aliphatic heterocycles. The summed E-state index contributed by atoms with van der Waals surface area (Å²) >= 11 is 6.32. The van der Waals surface area contributed by atoms with Gasteiger partial charge >= 0.3 is 0 Å². The number of carbonyl (C=O) groups is 1. The molecule has 0 spiro atoms. The lowest BCUT2D eigenvalue weighted by molar-refractivity contribution is -0.384.